The third kappa shape index (κ3) is 3.53. The molecule has 0 aliphatic carbocycles. The second kappa shape index (κ2) is 6.14. The van der Waals surface area contributed by atoms with E-state index in [0.29, 0.717) is 11.6 Å². The molecule has 0 saturated heterocycles. The average molecular weight is 297 g/mol. The quantitative estimate of drug-likeness (QED) is 0.672. The summed E-state index contributed by atoms with van der Waals surface area (Å²) in [6.45, 7) is 3.44. The van der Waals surface area contributed by atoms with Gasteiger partial charge in [0.15, 0.2) is 0 Å². The van der Waals surface area contributed by atoms with E-state index in [2.05, 4.69) is 23.7 Å². The Balaban J connectivity index is 1.96. The first kappa shape index (κ1) is 14.0. The number of halogens is 1. The molecule has 0 aliphatic rings. The van der Waals surface area contributed by atoms with Crippen LogP contribution in [0.4, 0.5) is 5.69 Å². The Morgan fingerprint density at radius 2 is 2.16 bits per heavy atom. The van der Waals surface area contributed by atoms with Gasteiger partial charge in [0, 0.05) is 30.1 Å². The van der Waals surface area contributed by atoms with E-state index < -0.39 is 4.92 Å². The van der Waals surface area contributed by atoms with Crippen molar-refractivity contribution in [2.45, 2.75) is 20.0 Å². The number of nitrogens with one attached hydrogen (secondary N) is 1. The van der Waals surface area contributed by atoms with Crippen molar-refractivity contribution in [1.82, 2.24) is 5.32 Å². The lowest BCUT2D eigenvalue weighted by Gasteiger charge is -2.06. The molecule has 6 heteroatoms. The summed E-state index contributed by atoms with van der Waals surface area (Å²) in [5.74, 6) is 0. The smallest absolute Gasteiger partial charge is 0.270 e. The van der Waals surface area contributed by atoms with Gasteiger partial charge in [0.2, 0.25) is 0 Å². The first-order valence-corrected chi connectivity index (χ1v) is 7.00. The number of hydrogen-bond acceptors (Lipinski definition) is 4. The molecule has 0 aliphatic heterocycles. The normalized spacial score (nSPS) is 10.6. The lowest BCUT2D eigenvalue weighted by molar-refractivity contribution is -0.384. The molecule has 2 rings (SSSR count). The highest BCUT2D eigenvalue weighted by atomic mass is 35.5. The molecule has 1 aromatic carbocycles. The van der Waals surface area contributed by atoms with Crippen molar-refractivity contribution in [2.75, 3.05) is 0 Å². The van der Waals surface area contributed by atoms with Gasteiger partial charge >= 0.3 is 0 Å². The monoisotopic (exact) mass is 296 g/mol. The summed E-state index contributed by atoms with van der Waals surface area (Å²) in [5, 5.41) is 16.4. The molecule has 1 heterocycles. The van der Waals surface area contributed by atoms with Crippen LogP contribution in [-0.4, -0.2) is 4.92 Å². The van der Waals surface area contributed by atoms with Gasteiger partial charge in [-0.2, -0.15) is 0 Å². The van der Waals surface area contributed by atoms with Crippen LogP contribution in [0.2, 0.25) is 5.02 Å². The first-order valence-electron chi connectivity index (χ1n) is 5.74. The van der Waals surface area contributed by atoms with Gasteiger partial charge in [0.1, 0.15) is 0 Å². The zero-order valence-corrected chi connectivity index (χ0v) is 11.9. The van der Waals surface area contributed by atoms with Crippen LogP contribution in [0.5, 0.6) is 0 Å². The standard InChI is InChI=1S/C13H13ClN2O2S/c1-9-4-5-19-13(9)8-15-7-10-2-3-11(16(17)18)6-12(10)14/h2-6,15H,7-8H2,1H3. The predicted molar refractivity (Wildman–Crippen MR) is 77.7 cm³/mol. The van der Waals surface area contributed by atoms with Crippen molar-refractivity contribution in [2.24, 2.45) is 0 Å². The van der Waals surface area contributed by atoms with E-state index in [1.807, 2.05) is 0 Å². The summed E-state index contributed by atoms with van der Waals surface area (Å²) in [6, 6.07) is 6.63. The minimum atomic E-state index is -0.446. The van der Waals surface area contributed by atoms with Crippen LogP contribution in [0.1, 0.15) is 16.0 Å². The summed E-state index contributed by atoms with van der Waals surface area (Å²) in [5.41, 5.74) is 2.15. The van der Waals surface area contributed by atoms with Crippen LogP contribution in [0, 0.1) is 17.0 Å². The SMILES string of the molecule is Cc1ccsc1CNCc1ccc([N+](=O)[O-])cc1Cl. The zero-order valence-electron chi connectivity index (χ0n) is 10.4. The highest BCUT2D eigenvalue weighted by Crippen LogP contribution is 2.22. The minimum absolute atomic E-state index is 0.0165. The molecule has 100 valence electrons. The van der Waals surface area contributed by atoms with E-state index in [9.17, 15) is 10.1 Å². The third-order valence-corrected chi connectivity index (χ3v) is 4.19. The van der Waals surface area contributed by atoms with Crippen LogP contribution < -0.4 is 5.32 Å². The molecule has 4 nitrogen and oxygen atoms in total. The maximum atomic E-state index is 10.6. The lowest BCUT2D eigenvalue weighted by atomic mass is 10.2. The zero-order chi connectivity index (χ0) is 13.8. The van der Waals surface area contributed by atoms with Crippen molar-refractivity contribution in [3.63, 3.8) is 0 Å². The maximum absolute atomic E-state index is 10.6. The largest absolute Gasteiger partial charge is 0.308 e. The predicted octanol–water partition coefficient (Wildman–Crippen LogP) is 3.91. The van der Waals surface area contributed by atoms with Gasteiger partial charge in [-0.05, 0) is 35.6 Å². The number of thiophene rings is 1. The van der Waals surface area contributed by atoms with Crippen molar-refractivity contribution in [3.05, 3.63) is 60.8 Å². The Morgan fingerprint density at radius 1 is 1.37 bits per heavy atom. The summed E-state index contributed by atoms with van der Waals surface area (Å²) in [7, 11) is 0. The first-order chi connectivity index (χ1) is 9.08. The van der Waals surface area contributed by atoms with Crippen LogP contribution in [0.15, 0.2) is 29.6 Å². The van der Waals surface area contributed by atoms with Crippen molar-refractivity contribution >= 4 is 28.6 Å². The van der Waals surface area contributed by atoms with Gasteiger partial charge in [0.05, 0.1) is 9.95 Å². The van der Waals surface area contributed by atoms with Crippen molar-refractivity contribution < 1.29 is 4.92 Å². The Bertz CT molecular complexity index is 598. The molecule has 0 fully saturated rings. The third-order valence-electron chi connectivity index (χ3n) is 2.82. The fraction of sp³-hybridized carbons (Fsp3) is 0.231. The number of aryl methyl sites for hydroxylation is 1. The minimum Gasteiger partial charge on any atom is -0.308 e. The summed E-state index contributed by atoms with van der Waals surface area (Å²) >= 11 is 7.73. The Kier molecular flexibility index (Phi) is 4.52. The molecule has 19 heavy (non-hydrogen) atoms. The van der Waals surface area contributed by atoms with E-state index in [1.54, 1.807) is 17.4 Å². The maximum Gasteiger partial charge on any atom is 0.270 e. The van der Waals surface area contributed by atoms with Gasteiger partial charge < -0.3 is 5.32 Å². The van der Waals surface area contributed by atoms with E-state index >= 15 is 0 Å². The molecule has 1 N–H and O–H groups in total. The molecule has 0 saturated carbocycles. The molecule has 0 atom stereocenters. The molecule has 1 aromatic heterocycles. The second-order valence-electron chi connectivity index (χ2n) is 4.16. The number of nitro groups is 1. The average Bonchev–Trinajstić information content (AvgIpc) is 2.77. The molecule has 0 radical (unpaired) electrons. The van der Waals surface area contributed by atoms with Gasteiger partial charge in [-0.3, -0.25) is 10.1 Å². The van der Waals surface area contributed by atoms with E-state index in [-0.39, 0.29) is 5.69 Å². The number of non-ortho nitro benzene ring substituents is 1. The fourth-order valence-electron chi connectivity index (χ4n) is 1.69. The molecule has 2 aromatic rings. The van der Waals surface area contributed by atoms with Crippen LogP contribution in [0.3, 0.4) is 0 Å². The Hall–Kier alpha value is -1.43. The lowest BCUT2D eigenvalue weighted by Crippen LogP contribution is -2.12. The Morgan fingerprint density at radius 3 is 2.74 bits per heavy atom. The van der Waals surface area contributed by atoms with Crippen LogP contribution in [-0.2, 0) is 13.1 Å². The molecule has 0 unspecified atom stereocenters. The van der Waals surface area contributed by atoms with E-state index in [0.717, 1.165) is 12.1 Å². The topological polar surface area (TPSA) is 55.2 Å². The van der Waals surface area contributed by atoms with E-state index in [1.165, 1.54) is 22.6 Å². The summed E-state index contributed by atoms with van der Waals surface area (Å²) in [6.07, 6.45) is 0. The van der Waals surface area contributed by atoms with Crippen LogP contribution >= 0.6 is 22.9 Å². The van der Waals surface area contributed by atoms with Crippen molar-refractivity contribution in [1.29, 1.82) is 0 Å². The molecular weight excluding hydrogens is 284 g/mol. The summed E-state index contributed by atoms with van der Waals surface area (Å²) in [4.78, 5) is 11.4. The van der Waals surface area contributed by atoms with Gasteiger partial charge in [-0.1, -0.05) is 11.6 Å². The van der Waals surface area contributed by atoms with Crippen molar-refractivity contribution in [3.8, 4) is 0 Å². The number of nitro benzene ring substituents is 1. The highest BCUT2D eigenvalue weighted by molar-refractivity contribution is 7.10. The second-order valence-corrected chi connectivity index (χ2v) is 5.57. The molecule has 0 bridgehead atoms. The molecular formula is C13H13ClN2O2S. The van der Waals surface area contributed by atoms with E-state index in [4.69, 9.17) is 11.6 Å². The van der Waals surface area contributed by atoms with Crippen LogP contribution in [0.25, 0.3) is 0 Å². The highest BCUT2D eigenvalue weighted by Gasteiger charge is 2.09. The number of benzene rings is 1. The Labute approximate surface area is 120 Å². The number of rotatable bonds is 5. The van der Waals surface area contributed by atoms with Gasteiger partial charge in [-0.15, -0.1) is 11.3 Å². The molecule has 0 spiro atoms. The molecule has 0 amide bonds. The summed E-state index contributed by atoms with van der Waals surface area (Å²) < 4.78 is 0. The number of hydrogen-bond donors (Lipinski definition) is 1. The number of nitrogens with zero attached hydrogens (tertiary/aromatic N) is 1. The fourth-order valence-corrected chi connectivity index (χ4v) is 2.81. The van der Waals surface area contributed by atoms with Gasteiger partial charge in [-0.25, -0.2) is 0 Å². The van der Waals surface area contributed by atoms with Gasteiger partial charge in [0.25, 0.3) is 5.69 Å².